The SMILES string of the molecule is CC1(C)[C@H](C=C(Cl)Cl)[C@@H]1C(=O)N/N=C\c1cccnc1. The molecule has 0 spiro atoms. The van der Waals surface area contributed by atoms with Crippen molar-refractivity contribution in [2.24, 2.45) is 22.4 Å². The molecule has 0 saturated heterocycles. The summed E-state index contributed by atoms with van der Waals surface area (Å²) in [7, 11) is 0. The third-order valence-corrected chi connectivity index (χ3v) is 3.82. The molecule has 2 rings (SSSR count). The Balaban J connectivity index is 1.94. The summed E-state index contributed by atoms with van der Waals surface area (Å²) in [4.78, 5) is 16.0. The molecular weight excluding hydrogens is 297 g/mol. The van der Waals surface area contributed by atoms with Crippen LogP contribution in [0.5, 0.6) is 0 Å². The molecular formula is C14H15Cl2N3O. The smallest absolute Gasteiger partial charge is 0.244 e. The number of allylic oxidation sites excluding steroid dienone is 1. The summed E-state index contributed by atoms with van der Waals surface area (Å²) in [6, 6.07) is 3.65. The Morgan fingerprint density at radius 1 is 1.50 bits per heavy atom. The van der Waals surface area contributed by atoms with Gasteiger partial charge in [0.25, 0.3) is 0 Å². The van der Waals surface area contributed by atoms with E-state index in [0.717, 1.165) is 5.56 Å². The summed E-state index contributed by atoms with van der Waals surface area (Å²) in [6.07, 6.45) is 6.60. The number of carbonyl (C=O) groups is 1. The lowest BCUT2D eigenvalue weighted by atomic mass is 10.1. The van der Waals surface area contributed by atoms with Crippen LogP contribution in [0.25, 0.3) is 0 Å². The van der Waals surface area contributed by atoms with Crippen LogP contribution in [0.2, 0.25) is 0 Å². The predicted molar refractivity (Wildman–Crippen MR) is 80.5 cm³/mol. The molecule has 106 valence electrons. The van der Waals surface area contributed by atoms with Gasteiger partial charge in [-0.3, -0.25) is 9.78 Å². The van der Waals surface area contributed by atoms with Gasteiger partial charge in [0.2, 0.25) is 5.91 Å². The zero-order valence-electron chi connectivity index (χ0n) is 11.2. The zero-order valence-corrected chi connectivity index (χ0v) is 12.7. The van der Waals surface area contributed by atoms with Gasteiger partial charge in [0.05, 0.1) is 12.1 Å². The third kappa shape index (κ3) is 3.38. The van der Waals surface area contributed by atoms with E-state index >= 15 is 0 Å². The monoisotopic (exact) mass is 311 g/mol. The highest BCUT2D eigenvalue weighted by Gasteiger charge is 2.60. The maximum absolute atomic E-state index is 12.0. The van der Waals surface area contributed by atoms with Crippen molar-refractivity contribution in [3.8, 4) is 0 Å². The molecule has 1 aromatic heterocycles. The predicted octanol–water partition coefficient (Wildman–Crippen LogP) is 3.12. The molecule has 1 N–H and O–H groups in total. The summed E-state index contributed by atoms with van der Waals surface area (Å²) >= 11 is 11.3. The van der Waals surface area contributed by atoms with Crippen molar-refractivity contribution in [1.82, 2.24) is 10.4 Å². The maximum atomic E-state index is 12.0. The number of hydrogen-bond acceptors (Lipinski definition) is 3. The summed E-state index contributed by atoms with van der Waals surface area (Å²) in [5.41, 5.74) is 3.21. The molecule has 0 aromatic carbocycles. The van der Waals surface area contributed by atoms with E-state index < -0.39 is 0 Å². The lowest BCUT2D eigenvalue weighted by molar-refractivity contribution is -0.123. The molecule has 0 unspecified atom stereocenters. The maximum Gasteiger partial charge on any atom is 0.244 e. The number of rotatable bonds is 4. The van der Waals surface area contributed by atoms with E-state index in [1.165, 1.54) is 0 Å². The average molecular weight is 312 g/mol. The van der Waals surface area contributed by atoms with E-state index in [1.807, 2.05) is 19.9 Å². The Kier molecular flexibility index (Phi) is 4.45. The van der Waals surface area contributed by atoms with Crippen molar-refractivity contribution in [2.75, 3.05) is 0 Å². The molecule has 4 nitrogen and oxygen atoms in total. The molecule has 1 aromatic rings. The second-order valence-corrected chi connectivity index (χ2v) is 6.31. The van der Waals surface area contributed by atoms with Crippen LogP contribution >= 0.6 is 23.2 Å². The third-order valence-electron chi connectivity index (χ3n) is 3.57. The highest BCUT2D eigenvalue weighted by atomic mass is 35.5. The summed E-state index contributed by atoms with van der Waals surface area (Å²) in [5, 5.41) is 3.93. The minimum absolute atomic E-state index is 0.0427. The van der Waals surface area contributed by atoms with E-state index in [1.54, 1.807) is 30.8 Å². The number of halogens is 2. The fourth-order valence-electron chi connectivity index (χ4n) is 2.32. The molecule has 2 atom stereocenters. The molecule has 6 heteroatoms. The normalized spacial score (nSPS) is 23.4. The van der Waals surface area contributed by atoms with Crippen LogP contribution in [0.4, 0.5) is 0 Å². The van der Waals surface area contributed by atoms with Crippen molar-refractivity contribution in [3.05, 3.63) is 40.7 Å². The van der Waals surface area contributed by atoms with Gasteiger partial charge in [0.15, 0.2) is 0 Å². The van der Waals surface area contributed by atoms with E-state index in [9.17, 15) is 4.79 Å². The number of hydrazone groups is 1. The van der Waals surface area contributed by atoms with E-state index in [2.05, 4.69) is 15.5 Å². The van der Waals surface area contributed by atoms with Crippen molar-refractivity contribution in [1.29, 1.82) is 0 Å². The first-order valence-electron chi connectivity index (χ1n) is 6.18. The van der Waals surface area contributed by atoms with Gasteiger partial charge in [0.1, 0.15) is 4.49 Å². The molecule has 0 radical (unpaired) electrons. The summed E-state index contributed by atoms with van der Waals surface area (Å²) < 4.78 is 0.192. The van der Waals surface area contributed by atoms with Gasteiger partial charge >= 0.3 is 0 Å². The fourth-order valence-corrected chi connectivity index (χ4v) is 2.59. The minimum atomic E-state index is -0.166. The van der Waals surface area contributed by atoms with Gasteiger partial charge < -0.3 is 0 Å². The largest absolute Gasteiger partial charge is 0.273 e. The highest BCUT2D eigenvalue weighted by molar-refractivity contribution is 6.55. The lowest BCUT2D eigenvalue weighted by Crippen LogP contribution is -2.21. The topological polar surface area (TPSA) is 54.4 Å². The van der Waals surface area contributed by atoms with Gasteiger partial charge in [-0.1, -0.05) is 43.1 Å². The molecule has 1 aliphatic rings. The van der Waals surface area contributed by atoms with Crippen LogP contribution < -0.4 is 5.43 Å². The number of amides is 1. The van der Waals surface area contributed by atoms with Crippen LogP contribution in [-0.4, -0.2) is 17.1 Å². The first-order chi connectivity index (χ1) is 9.43. The van der Waals surface area contributed by atoms with Crippen LogP contribution in [0.1, 0.15) is 19.4 Å². The van der Waals surface area contributed by atoms with Gasteiger partial charge in [0, 0.05) is 18.0 Å². The number of carbonyl (C=O) groups excluding carboxylic acids is 1. The van der Waals surface area contributed by atoms with Gasteiger partial charge in [-0.05, 0) is 23.5 Å². The number of nitrogens with zero attached hydrogens (tertiary/aromatic N) is 2. The first-order valence-corrected chi connectivity index (χ1v) is 6.94. The quantitative estimate of drug-likeness (QED) is 0.686. The molecule has 1 aliphatic carbocycles. The summed E-state index contributed by atoms with van der Waals surface area (Å²) in [5.74, 6) is -0.256. The minimum Gasteiger partial charge on any atom is -0.273 e. The standard InChI is InChI=1S/C14H15Cl2N3O/c1-14(2)10(6-11(15)16)12(14)13(20)19-18-8-9-4-3-5-17-7-9/h3-8,10,12H,1-2H3,(H,19,20)/b18-8-/t10-,12-/m1/s1. The van der Waals surface area contributed by atoms with Gasteiger partial charge in [-0.15, -0.1) is 0 Å². The zero-order chi connectivity index (χ0) is 14.8. The fraction of sp³-hybridized carbons (Fsp3) is 0.357. The number of aromatic nitrogens is 1. The van der Waals surface area contributed by atoms with Gasteiger partial charge in [-0.25, -0.2) is 5.43 Å². The number of hydrogen-bond donors (Lipinski definition) is 1. The Morgan fingerprint density at radius 2 is 2.25 bits per heavy atom. The van der Waals surface area contributed by atoms with E-state index in [0.29, 0.717) is 0 Å². The van der Waals surface area contributed by atoms with Crippen molar-refractivity contribution in [2.45, 2.75) is 13.8 Å². The molecule has 20 heavy (non-hydrogen) atoms. The molecule has 1 amide bonds. The van der Waals surface area contributed by atoms with Crippen molar-refractivity contribution in [3.63, 3.8) is 0 Å². The van der Waals surface area contributed by atoms with Crippen LogP contribution in [0, 0.1) is 17.3 Å². The second-order valence-electron chi connectivity index (χ2n) is 5.30. The first kappa shape index (κ1) is 15.0. The molecule has 0 aliphatic heterocycles. The van der Waals surface area contributed by atoms with Crippen LogP contribution in [0.3, 0.4) is 0 Å². The highest BCUT2D eigenvalue weighted by Crippen LogP contribution is 2.59. The Morgan fingerprint density at radius 3 is 2.85 bits per heavy atom. The Hall–Kier alpha value is -1.39. The van der Waals surface area contributed by atoms with Crippen molar-refractivity contribution < 1.29 is 4.79 Å². The van der Waals surface area contributed by atoms with E-state index in [-0.39, 0.29) is 27.6 Å². The molecule has 1 fully saturated rings. The number of pyridine rings is 1. The molecule has 1 heterocycles. The Bertz CT molecular complexity index is 551. The summed E-state index contributed by atoms with van der Waals surface area (Å²) in [6.45, 7) is 4.00. The average Bonchev–Trinajstić information content (AvgIpc) is 2.91. The van der Waals surface area contributed by atoms with E-state index in [4.69, 9.17) is 23.2 Å². The van der Waals surface area contributed by atoms with Crippen molar-refractivity contribution >= 4 is 35.3 Å². The Labute approximate surface area is 127 Å². The molecule has 0 bridgehead atoms. The van der Waals surface area contributed by atoms with Crippen LogP contribution in [-0.2, 0) is 4.79 Å². The number of nitrogens with one attached hydrogen (secondary N) is 1. The van der Waals surface area contributed by atoms with Crippen LogP contribution in [0.15, 0.2) is 40.2 Å². The second kappa shape index (κ2) is 5.94. The lowest BCUT2D eigenvalue weighted by Gasteiger charge is -2.00. The van der Waals surface area contributed by atoms with Gasteiger partial charge in [-0.2, -0.15) is 5.10 Å². The molecule has 1 saturated carbocycles.